The van der Waals surface area contributed by atoms with E-state index in [0.29, 0.717) is 30.4 Å². The number of nitrogens with one attached hydrogen (secondary N) is 2. The molecule has 0 atom stereocenters. The predicted molar refractivity (Wildman–Crippen MR) is 108 cm³/mol. The number of hydrogen-bond donors (Lipinski definition) is 2. The Morgan fingerprint density at radius 3 is 2.47 bits per heavy atom. The number of anilines is 1. The summed E-state index contributed by atoms with van der Waals surface area (Å²) in [5, 5.41) is 4.49. The molecule has 2 N–H and O–H groups in total. The van der Waals surface area contributed by atoms with Crippen LogP contribution in [-0.2, 0) is 9.53 Å². The molecule has 2 heterocycles. The molecule has 0 aliphatic carbocycles. The van der Waals surface area contributed by atoms with Gasteiger partial charge in [0.15, 0.2) is 18.1 Å². The summed E-state index contributed by atoms with van der Waals surface area (Å²) >= 11 is 0. The van der Waals surface area contributed by atoms with E-state index in [-0.39, 0.29) is 16.7 Å². The van der Waals surface area contributed by atoms with Gasteiger partial charge < -0.3 is 19.5 Å². The summed E-state index contributed by atoms with van der Waals surface area (Å²) in [4.78, 5) is 61.0. The van der Waals surface area contributed by atoms with Crippen LogP contribution in [0, 0.1) is 0 Å². The highest BCUT2D eigenvalue weighted by Crippen LogP contribution is 2.32. The van der Waals surface area contributed by atoms with E-state index in [1.165, 1.54) is 25.2 Å². The number of esters is 1. The number of ether oxygens (including phenoxy) is 3. The Morgan fingerprint density at radius 1 is 0.969 bits per heavy atom. The fourth-order valence-electron chi connectivity index (χ4n) is 3.15. The Balaban J connectivity index is 1.29. The van der Waals surface area contributed by atoms with Crippen LogP contribution in [0.1, 0.15) is 31.1 Å². The molecule has 5 amide bonds. The molecule has 11 heteroatoms. The fourth-order valence-corrected chi connectivity index (χ4v) is 3.15. The monoisotopic (exact) mass is 439 g/mol. The molecular weight excluding hydrogens is 422 g/mol. The third-order valence-corrected chi connectivity index (χ3v) is 4.71. The zero-order valence-corrected chi connectivity index (χ0v) is 16.8. The molecule has 0 fully saturated rings. The summed E-state index contributed by atoms with van der Waals surface area (Å²) in [5.41, 5.74) is 0.630. The Bertz CT molecular complexity index is 1160. The first-order valence-electron chi connectivity index (χ1n) is 9.47. The number of benzene rings is 2. The van der Waals surface area contributed by atoms with Gasteiger partial charge in [-0.25, -0.2) is 9.59 Å². The van der Waals surface area contributed by atoms with Gasteiger partial charge in [-0.1, -0.05) is 0 Å². The maximum atomic E-state index is 12.2. The summed E-state index contributed by atoms with van der Waals surface area (Å²) in [7, 11) is 1.34. The lowest BCUT2D eigenvalue weighted by Crippen LogP contribution is -2.37. The molecular formula is C21H17N3O8. The normalized spacial score (nSPS) is 14.0. The van der Waals surface area contributed by atoms with Gasteiger partial charge in [0.1, 0.15) is 13.2 Å². The first-order chi connectivity index (χ1) is 15.3. The Labute approximate surface area is 181 Å². The highest BCUT2D eigenvalue weighted by Gasteiger charge is 2.33. The van der Waals surface area contributed by atoms with Crippen molar-refractivity contribution in [1.29, 1.82) is 0 Å². The molecule has 164 valence electrons. The van der Waals surface area contributed by atoms with E-state index in [9.17, 15) is 24.0 Å². The first kappa shape index (κ1) is 20.8. The van der Waals surface area contributed by atoms with Gasteiger partial charge in [0.05, 0.1) is 16.7 Å². The number of amides is 5. The second-order valence-corrected chi connectivity index (χ2v) is 6.87. The average molecular weight is 439 g/mol. The van der Waals surface area contributed by atoms with Gasteiger partial charge >= 0.3 is 12.0 Å². The minimum Gasteiger partial charge on any atom is -0.486 e. The molecule has 0 bridgehead atoms. The number of nitrogens with zero attached hydrogens (tertiary/aromatic N) is 1. The largest absolute Gasteiger partial charge is 0.486 e. The van der Waals surface area contributed by atoms with Crippen molar-refractivity contribution in [2.24, 2.45) is 0 Å². The molecule has 0 saturated carbocycles. The number of fused-ring (bicyclic) bond motifs is 2. The molecule has 2 aliphatic rings. The van der Waals surface area contributed by atoms with Crippen molar-refractivity contribution in [3.05, 3.63) is 53.1 Å². The number of carbonyl (C=O) groups is 5. The second kappa shape index (κ2) is 8.38. The lowest BCUT2D eigenvalue weighted by Gasteiger charge is -2.19. The van der Waals surface area contributed by atoms with Crippen molar-refractivity contribution >= 4 is 35.4 Å². The van der Waals surface area contributed by atoms with E-state index >= 15 is 0 Å². The van der Waals surface area contributed by atoms with Crippen LogP contribution in [-0.4, -0.2) is 61.5 Å². The summed E-state index contributed by atoms with van der Waals surface area (Å²) in [5.74, 6) is -1.73. The number of imide groups is 2. The van der Waals surface area contributed by atoms with Crippen molar-refractivity contribution < 1.29 is 38.2 Å². The van der Waals surface area contributed by atoms with Gasteiger partial charge in [0, 0.05) is 18.8 Å². The lowest BCUT2D eigenvalue weighted by molar-refractivity contribution is -0.123. The smallest absolute Gasteiger partial charge is 0.338 e. The molecule has 0 saturated heterocycles. The molecule has 4 rings (SSSR count). The summed E-state index contributed by atoms with van der Waals surface area (Å²) in [6.07, 6.45) is 0. The highest BCUT2D eigenvalue weighted by atomic mass is 16.6. The average Bonchev–Trinajstić information content (AvgIpc) is 3.00. The Kier molecular flexibility index (Phi) is 5.46. The van der Waals surface area contributed by atoms with Crippen molar-refractivity contribution in [3.63, 3.8) is 0 Å². The molecule has 32 heavy (non-hydrogen) atoms. The maximum absolute atomic E-state index is 12.2. The van der Waals surface area contributed by atoms with Crippen LogP contribution in [0.4, 0.5) is 10.5 Å². The zero-order chi connectivity index (χ0) is 22.8. The quantitative estimate of drug-likeness (QED) is 0.535. The molecule has 0 spiro atoms. The van der Waals surface area contributed by atoms with E-state index in [1.54, 1.807) is 18.2 Å². The van der Waals surface area contributed by atoms with Gasteiger partial charge in [0.2, 0.25) is 0 Å². The van der Waals surface area contributed by atoms with Gasteiger partial charge in [-0.2, -0.15) is 0 Å². The van der Waals surface area contributed by atoms with Crippen molar-refractivity contribution in [2.45, 2.75) is 0 Å². The number of carbonyl (C=O) groups excluding carboxylic acids is 5. The van der Waals surface area contributed by atoms with Crippen LogP contribution in [0.2, 0.25) is 0 Å². The standard InChI is InChI=1S/C21H17N3O8/c1-24-18(26)13-4-2-11(8-14(13)19(24)27)20(28)32-10-17(25)23-21(29)22-12-3-5-15-16(9-12)31-7-6-30-15/h2-5,8-9H,6-7,10H2,1H3,(H2,22,23,25,29). The Morgan fingerprint density at radius 2 is 1.69 bits per heavy atom. The van der Waals surface area contributed by atoms with Crippen LogP contribution >= 0.6 is 0 Å². The predicted octanol–water partition coefficient (Wildman–Crippen LogP) is 1.19. The third kappa shape index (κ3) is 4.08. The first-order valence-corrected chi connectivity index (χ1v) is 9.47. The maximum Gasteiger partial charge on any atom is 0.338 e. The van der Waals surface area contributed by atoms with Crippen molar-refractivity contribution in [3.8, 4) is 11.5 Å². The lowest BCUT2D eigenvalue weighted by atomic mass is 10.1. The van der Waals surface area contributed by atoms with E-state index in [1.807, 2.05) is 5.32 Å². The van der Waals surface area contributed by atoms with Crippen LogP contribution < -0.4 is 20.1 Å². The van der Waals surface area contributed by atoms with Crippen LogP contribution in [0.5, 0.6) is 11.5 Å². The summed E-state index contributed by atoms with van der Waals surface area (Å²) in [6, 6.07) is 7.82. The van der Waals surface area contributed by atoms with Crippen LogP contribution in [0.3, 0.4) is 0 Å². The minimum atomic E-state index is -0.884. The summed E-state index contributed by atoms with van der Waals surface area (Å²) in [6.45, 7) is 0.0968. The Hall–Kier alpha value is -4.41. The molecule has 11 nitrogen and oxygen atoms in total. The SMILES string of the molecule is CN1C(=O)c2ccc(C(=O)OCC(=O)NC(=O)Nc3ccc4c(c3)OCCO4)cc2C1=O. The van der Waals surface area contributed by atoms with E-state index in [0.717, 1.165) is 4.90 Å². The molecule has 2 aromatic rings. The van der Waals surface area contributed by atoms with E-state index < -0.39 is 36.3 Å². The molecule has 2 aliphatic heterocycles. The van der Waals surface area contributed by atoms with Gasteiger partial charge in [-0.3, -0.25) is 24.6 Å². The highest BCUT2D eigenvalue weighted by molar-refractivity contribution is 6.21. The summed E-state index contributed by atoms with van der Waals surface area (Å²) < 4.78 is 15.7. The van der Waals surface area contributed by atoms with Gasteiger partial charge in [0.25, 0.3) is 17.7 Å². The van der Waals surface area contributed by atoms with E-state index in [4.69, 9.17) is 14.2 Å². The topological polar surface area (TPSA) is 140 Å². The second-order valence-electron chi connectivity index (χ2n) is 6.87. The van der Waals surface area contributed by atoms with E-state index in [2.05, 4.69) is 5.32 Å². The molecule has 0 aromatic heterocycles. The number of hydrogen-bond acceptors (Lipinski definition) is 8. The molecule has 2 aromatic carbocycles. The minimum absolute atomic E-state index is 0.00581. The molecule has 0 unspecified atom stereocenters. The zero-order valence-electron chi connectivity index (χ0n) is 16.8. The van der Waals surface area contributed by atoms with Crippen LogP contribution in [0.25, 0.3) is 0 Å². The third-order valence-electron chi connectivity index (χ3n) is 4.71. The van der Waals surface area contributed by atoms with Gasteiger partial charge in [-0.05, 0) is 30.3 Å². The van der Waals surface area contributed by atoms with Crippen molar-refractivity contribution in [2.75, 3.05) is 32.2 Å². The van der Waals surface area contributed by atoms with Gasteiger partial charge in [-0.15, -0.1) is 0 Å². The van der Waals surface area contributed by atoms with Crippen molar-refractivity contribution in [1.82, 2.24) is 10.2 Å². The fraction of sp³-hybridized carbons (Fsp3) is 0.190. The molecule has 0 radical (unpaired) electrons. The number of rotatable bonds is 4. The van der Waals surface area contributed by atoms with Crippen LogP contribution in [0.15, 0.2) is 36.4 Å². The number of urea groups is 1.